The number of carboxylic acid groups (broad SMARTS) is 1. The predicted octanol–water partition coefficient (Wildman–Crippen LogP) is -2.25. The molecule has 0 aromatic rings. The number of primary amides is 1. The van der Waals surface area contributed by atoms with Crippen LogP contribution in [0.25, 0.3) is 0 Å². The average molecular weight is 282 g/mol. The number of esters is 1. The third-order valence-electron chi connectivity index (χ3n) is 1.98. The van der Waals surface area contributed by atoms with E-state index < -0.39 is 46.2 Å². The molecule has 18 heavy (non-hydrogen) atoms. The highest BCUT2D eigenvalue weighted by molar-refractivity contribution is 7.90. The Morgan fingerprint density at radius 1 is 1.33 bits per heavy atom. The van der Waals surface area contributed by atoms with E-state index in [9.17, 15) is 22.8 Å². The van der Waals surface area contributed by atoms with Gasteiger partial charge in [0.25, 0.3) is 0 Å². The van der Waals surface area contributed by atoms with Crippen LogP contribution in [0.5, 0.6) is 0 Å². The van der Waals surface area contributed by atoms with Crippen molar-refractivity contribution in [2.75, 3.05) is 20.2 Å². The lowest BCUT2D eigenvalue weighted by atomic mass is 10.5. The first-order valence-electron chi connectivity index (χ1n) is 4.69. The van der Waals surface area contributed by atoms with Gasteiger partial charge in [-0.05, 0) is 6.92 Å². The van der Waals surface area contributed by atoms with Gasteiger partial charge in [0.2, 0.25) is 15.9 Å². The Kier molecular flexibility index (Phi) is 5.72. The Morgan fingerprint density at radius 2 is 1.83 bits per heavy atom. The summed E-state index contributed by atoms with van der Waals surface area (Å²) in [7, 11) is -3.34. The second kappa shape index (κ2) is 6.31. The van der Waals surface area contributed by atoms with Gasteiger partial charge < -0.3 is 15.6 Å². The molecule has 0 fully saturated rings. The van der Waals surface area contributed by atoms with E-state index in [0.29, 0.717) is 4.31 Å². The molecule has 0 aliphatic carbocycles. The van der Waals surface area contributed by atoms with E-state index in [-0.39, 0.29) is 0 Å². The SMILES string of the molecule is COC(=O)C(C)S(=O)(=O)N(CC(N)=O)CC(=O)O. The molecule has 0 radical (unpaired) electrons. The van der Waals surface area contributed by atoms with Gasteiger partial charge >= 0.3 is 11.9 Å². The number of ether oxygens (including phenoxy) is 1. The van der Waals surface area contributed by atoms with Crippen molar-refractivity contribution in [2.45, 2.75) is 12.2 Å². The summed E-state index contributed by atoms with van der Waals surface area (Å²) in [5.41, 5.74) is 4.82. The molecule has 9 nitrogen and oxygen atoms in total. The van der Waals surface area contributed by atoms with Crippen LogP contribution in [0.15, 0.2) is 0 Å². The summed E-state index contributed by atoms with van der Waals surface area (Å²) in [6.45, 7) is -0.764. The number of aliphatic carboxylic acids is 1. The van der Waals surface area contributed by atoms with Gasteiger partial charge in [-0.1, -0.05) is 0 Å². The quantitative estimate of drug-likeness (QED) is 0.502. The summed E-state index contributed by atoms with van der Waals surface area (Å²) in [6, 6.07) is 0. The zero-order valence-electron chi connectivity index (χ0n) is 9.82. The van der Waals surface area contributed by atoms with Crippen molar-refractivity contribution in [1.29, 1.82) is 0 Å². The van der Waals surface area contributed by atoms with Crippen molar-refractivity contribution in [3.8, 4) is 0 Å². The number of sulfonamides is 1. The van der Waals surface area contributed by atoms with Gasteiger partial charge in [0.15, 0.2) is 5.25 Å². The lowest BCUT2D eigenvalue weighted by Crippen LogP contribution is -2.47. The molecule has 0 aromatic heterocycles. The molecule has 0 bridgehead atoms. The van der Waals surface area contributed by atoms with Crippen LogP contribution >= 0.6 is 0 Å². The summed E-state index contributed by atoms with van der Waals surface area (Å²) < 4.78 is 28.3. The molecular weight excluding hydrogens is 268 g/mol. The number of carbonyl (C=O) groups excluding carboxylic acids is 2. The Morgan fingerprint density at radius 3 is 2.17 bits per heavy atom. The number of nitrogens with zero attached hydrogens (tertiary/aromatic N) is 1. The van der Waals surface area contributed by atoms with Gasteiger partial charge in [-0.3, -0.25) is 14.4 Å². The molecule has 0 spiro atoms. The van der Waals surface area contributed by atoms with Gasteiger partial charge in [-0.15, -0.1) is 0 Å². The maximum absolute atomic E-state index is 11.9. The normalized spacial score (nSPS) is 13.1. The molecule has 1 amide bonds. The maximum Gasteiger partial charge on any atom is 0.325 e. The highest BCUT2D eigenvalue weighted by atomic mass is 32.2. The van der Waals surface area contributed by atoms with Crippen LogP contribution in [0.4, 0.5) is 0 Å². The van der Waals surface area contributed by atoms with Gasteiger partial charge in [-0.2, -0.15) is 4.31 Å². The molecule has 1 unspecified atom stereocenters. The molecular formula is C8H14N2O7S. The smallest absolute Gasteiger partial charge is 0.325 e. The van der Waals surface area contributed by atoms with Crippen LogP contribution in [0, 0.1) is 0 Å². The Bertz CT molecular complexity index is 428. The minimum Gasteiger partial charge on any atom is -0.480 e. The summed E-state index contributed by atoms with van der Waals surface area (Å²) >= 11 is 0. The molecule has 0 aliphatic heterocycles. The van der Waals surface area contributed by atoms with Gasteiger partial charge in [0, 0.05) is 0 Å². The summed E-state index contributed by atoms with van der Waals surface area (Å²) in [5, 5.41) is 6.94. The zero-order chi connectivity index (χ0) is 14.5. The van der Waals surface area contributed by atoms with E-state index in [1.807, 2.05) is 0 Å². The first-order valence-corrected chi connectivity index (χ1v) is 6.20. The number of methoxy groups -OCH3 is 1. The molecule has 0 aliphatic rings. The van der Waals surface area contributed by atoms with Crippen LogP contribution in [0.1, 0.15) is 6.92 Å². The number of hydrogen-bond donors (Lipinski definition) is 2. The van der Waals surface area contributed by atoms with Crippen molar-refractivity contribution in [2.24, 2.45) is 5.73 Å². The minimum absolute atomic E-state index is 0.319. The third-order valence-corrected chi connectivity index (χ3v) is 4.05. The molecule has 3 N–H and O–H groups in total. The molecule has 10 heteroatoms. The molecule has 0 saturated heterocycles. The lowest BCUT2D eigenvalue weighted by molar-refractivity contribution is -0.140. The molecule has 0 saturated carbocycles. The van der Waals surface area contributed by atoms with Crippen molar-refractivity contribution < 1.29 is 32.6 Å². The monoisotopic (exact) mass is 282 g/mol. The molecule has 0 aromatic carbocycles. The standard InChI is InChI=1S/C8H14N2O7S/c1-5(8(14)17-2)18(15,16)10(3-6(9)11)4-7(12)13/h5H,3-4H2,1-2H3,(H2,9,11)(H,12,13). The second-order valence-electron chi connectivity index (χ2n) is 3.34. The van der Waals surface area contributed by atoms with Gasteiger partial charge in [-0.25, -0.2) is 8.42 Å². The highest BCUT2D eigenvalue weighted by Gasteiger charge is 2.36. The molecule has 0 rings (SSSR count). The summed E-state index contributed by atoms with van der Waals surface area (Å²) in [6.07, 6.45) is 0. The number of nitrogens with two attached hydrogens (primary N) is 1. The largest absolute Gasteiger partial charge is 0.480 e. The fraction of sp³-hybridized carbons (Fsp3) is 0.625. The first-order chi connectivity index (χ1) is 8.12. The third kappa shape index (κ3) is 4.30. The van der Waals surface area contributed by atoms with Crippen LogP contribution in [-0.4, -0.2) is 61.1 Å². The van der Waals surface area contributed by atoms with Crippen molar-refractivity contribution in [1.82, 2.24) is 4.31 Å². The van der Waals surface area contributed by atoms with E-state index in [0.717, 1.165) is 14.0 Å². The topological polar surface area (TPSA) is 144 Å². The Labute approximate surface area is 104 Å². The van der Waals surface area contributed by atoms with Crippen molar-refractivity contribution in [3.05, 3.63) is 0 Å². The van der Waals surface area contributed by atoms with Crippen LogP contribution in [0.3, 0.4) is 0 Å². The van der Waals surface area contributed by atoms with E-state index in [1.165, 1.54) is 0 Å². The number of rotatable bonds is 7. The van der Waals surface area contributed by atoms with E-state index in [1.54, 1.807) is 0 Å². The fourth-order valence-corrected chi connectivity index (χ4v) is 2.46. The number of carboxylic acids is 1. The number of amides is 1. The average Bonchev–Trinajstić information content (AvgIpc) is 2.24. The second-order valence-corrected chi connectivity index (χ2v) is 5.59. The van der Waals surface area contributed by atoms with Crippen molar-refractivity contribution >= 4 is 27.9 Å². The molecule has 1 atom stereocenters. The van der Waals surface area contributed by atoms with E-state index in [4.69, 9.17) is 10.8 Å². The van der Waals surface area contributed by atoms with Gasteiger partial charge in [0.05, 0.1) is 13.7 Å². The summed E-state index contributed by atoms with van der Waals surface area (Å²) in [4.78, 5) is 32.4. The predicted molar refractivity (Wildman–Crippen MR) is 58.8 cm³/mol. The zero-order valence-corrected chi connectivity index (χ0v) is 10.6. The fourth-order valence-electron chi connectivity index (χ4n) is 1.07. The minimum atomic E-state index is -4.33. The van der Waals surface area contributed by atoms with Crippen LogP contribution in [0.2, 0.25) is 0 Å². The highest BCUT2D eigenvalue weighted by Crippen LogP contribution is 2.10. The summed E-state index contributed by atoms with van der Waals surface area (Å²) in [5.74, 6) is -3.57. The Balaban J connectivity index is 5.25. The van der Waals surface area contributed by atoms with Gasteiger partial charge in [0.1, 0.15) is 6.54 Å². The lowest BCUT2D eigenvalue weighted by Gasteiger charge is -2.21. The van der Waals surface area contributed by atoms with E-state index in [2.05, 4.69) is 4.74 Å². The Hall–Kier alpha value is -1.68. The maximum atomic E-state index is 11.9. The molecule has 104 valence electrons. The van der Waals surface area contributed by atoms with Crippen LogP contribution in [-0.2, 0) is 29.1 Å². The van der Waals surface area contributed by atoms with Crippen LogP contribution < -0.4 is 5.73 Å². The number of hydrogen-bond acceptors (Lipinski definition) is 6. The molecule has 0 heterocycles. The van der Waals surface area contributed by atoms with E-state index >= 15 is 0 Å². The number of carbonyl (C=O) groups is 3. The van der Waals surface area contributed by atoms with Crippen molar-refractivity contribution in [3.63, 3.8) is 0 Å². The first kappa shape index (κ1) is 16.3.